The largest absolute Gasteiger partial charge is 0.396 e. The zero-order valence-electron chi connectivity index (χ0n) is 12.9. The van der Waals surface area contributed by atoms with Gasteiger partial charge < -0.3 is 9.63 Å². The van der Waals surface area contributed by atoms with E-state index >= 15 is 0 Å². The molecule has 0 aliphatic carbocycles. The van der Waals surface area contributed by atoms with Crippen LogP contribution in [0.5, 0.6) is 0 Å². The van der Waals surface area contributed by atoms with Gasteiger partial charge in [-0.2, -0.15) is 0 Å². The molecule has 2 radical (unpaired) electrons. The quantitative estimate of drug-likeness (QED) is 0.396. The van der Waals surface area contributed by atoms with Crippen molar-refractivity contribution in [1.82, 2.24) is 0 Å². The van der Waals surface area contributed by atoms with E-state index in [1.807, 2.05) is 19.7 Å². The minimum Gasteiger partial charge on any atom is -0.396 e. The summed E-state index contributed by atoms with van der Waals surface area (Å²) in [5.74, 6) is 1.32. The molecular formula is C15H28BO2P. The van der Waals surface area contributed by atoms with Gasteiger partial charge in [-0.15, -0.1) is 0 Å². The summed E-state index contributed by atoms with van der Waals surface area (Å²) in [4.78, 5) is 0. The maximum Gasteiger partial charge on any atom is 0.148 e. The molecule has 2 nitrogen and oxygen atoms in total. The lowest BCUT2D eigenvalue weighted by Crippen LogP contribution is -2.35. The maximum atomic E-state index is 9.39. The van der Waals surface area contributed by atoms with Crippen molar-refractivity contribution in [3.8, 4) is 0 Å². The summed E-state index contributed by atoms with van der Waals surface area (Å²) in [5.41, 5.74) is 0. The highest BCUT2D eigenvalue weighted by Gasteiger charge is 2.30. The van der Waals surface area contributed by atoms with E-state index in [4.69, 9.17) is 12.1 Å². The van der Waals surface area contributed by atoms with Crippen LogP contribution in [0.4, 0.5) is 0 Å². The van der Waals surface area contributed by atoms with E-state index in [2.05, 4.69) is 33.4 Å². The van der Waals surface area contributed by atoms with Crippen LogP contribution in [0.2, 0.25) is 0 Å². The molecule has 0 aliphatic heterocycles. The maximum absolute atomic E-state index is 9.39. The highest BCUT2D eigenvalue weighted by Crippen LogP contribution is 2.37. The van der Waals surface area contributed by atoms with Crippen LogP contribution < -0.4 is 0 Å². The molecule has 0 aromatic rings. The SMILES string of the molecule is [B]P(C)OC(C(C)CO)C(C)C(C)C(C)/C=C/C=C. The minimum absolute atomic E-state index is 0.000641. The highest BCUT2D eigenvalue weighted by atomic mass is 31.1. The zero-order valence-corrected chi connectivity index (χ0v) is 13.8. The molecule has 19 heavy (non-hydrogen) atoms. The van der Waals surface area contributed by atoms with Crippen LogP contribution in [0.25, 0.3) is 0 Å². The Kier molecular flexibility index (Phi) is 9.69. The molecule has 0 amide bonds. The van der Waals surface area contributed by atoms with Gasteiger partial charge in [0.05, 0.1) is 6.10 Å². The molecule has 0 saturated carbocycles. The van der Waals surface area contributed by atoms with E-state index in [9.17, 15) is 5.11 Å². The van der Waals surface area contributed by atoms with Crippen LogP contribution in [-0.4, -0.2) is 32.0 Å². The summed E-state index contributed by atoms with van der Waals surface area (Å²) in [5, 5.41) is 9.39. The molecule has 0 heterocycles. The van der Waals surface area contributed by atoms with Gasteiger partial charge in [-0.25, -0.2) is 0 Å². The van der Waals surface area contributed by atoms with E-state index in [1.54, 1.807) is 6.08 Å². The van der Waals surface area contributed by atoms with E-state index in [1.165, 1.54) is 0 Å². The Morgan fingerprint density at radius 2 is 1.84 bits per heavy atom. The number of hydrogen-bond acceptors (Lipinski definition) is 2. The summed E-state index contributed by atoms with van der Waals surface area (Å²) < 4.78 is 5.88. The first-order valence-electron chi connectivity index (χ1n) is 6.90. The second-order valence-electron chi connectivity index (χ2n) is 5.47. The average Bonchev–Trinajstić information content (AvgIpc) is 2.39. The first-order chi connectivity index (χ1) is 8.84. The lowest BCUT2D eigenvalue weighted by Gasteiger charge is -2.35. The van der Waals surface area contributed by atoms with E-state index in [0.717, 1.165) is 0 Å². The van der Waals surface area contributed by atoms with Gasteiger partial charge in [-0.3, -0.25) is 0 Å². The first-order valence-corrected chi connectivity index (χ1v) is 8.68. The lowest BCUT2D eigenvalue weighted by atomic mass is 9.78. The summed E-state index contributed by atoms with van der Waals surface area (Å²) in [6.07, 6.45) is 5.94. The topological polar surface area (TPSA) is 29.5 Å². The summed E-state index contributed by atoms with van der Waals surface area (Å²) in [7, 11) is 4.90. The molecule has 0 fully saturated rings. The third-order valence-electron chi connectivity index (χ3n) is 3.86. The first kappa shape index (κ1) is 18.9. The predicted molar refractivity (Wildman–Crippen MR) is 86.5 cm³/mol. The molecule has 0 aliphatic rings. The van der Waals surface area contributed by atoms with Gasteiger partial charge in [0.1, 0.15) is 7.57 Å². The van der Waals surface area contributed by atoms with Crippen LogP contribution >= 0.6 is 8.03 Å². The van der Waals surface area contributed by atoms with Crippen molar-refractivity contribution in [2.75, 3.05) is 13.3 Å². The Labute approximate surface area is 121 Å². The molecule has 108 valence electrons. The van der Waals surface area contributed by atoms with Gasteiger partial charge in [0.2, 0.25) is 0 Å². The van der Waals surface area contributed by atoms with Gasteiger partial charge in [0.25, 0.3) is 0 Å². The summed E-state index contributed by atoms with van der Waals surface area (Å²) in [6, 6.07) is 0. The average molecular weight is 282 g/mol. The number of hydrogen-bond donors (Lipinski definition) is 1. The third kappa shape index (κ3) is 6.74. The highest BCUT2D eigenvalue weighted by molar-refractivity contribution is 7.77. The number of aliphatic hydroxyl groups is 1. The fourth-order valence-electron chi connectivity index (χ4n) is 2.22. The third-order valence-corrected chi connectivity index (χ3v) is 4.44. The minimum atomic E-state index is -0.911. The van der Waals surface area contributed by atoms with Crippen LogP contribution in [0.3, 0.4) is 0 Å². The van der Waals surface area contributed by atoms with Crippen molar-refractivity contribution in [2.24, 2.45) is 23.7 Å². The molecule has 4 heteroatoms. The molecule has 1 N–H and O–H groups in total. The zero-order chi connectivity index (χ0) is 15.0. The lowest BCUT2D eigenvalue weighted by molar-refractivity contribution is 0.0415. The van der Waals surface area contributed by atoms with E-state index in [0.29, 0.717) is 17.8 Å². The van der Waals surface area contributed by atoms with Crippen molar-refractivity contribution in [3.05, 3.63) is 24.8 Å². The van der Waals surface area contributed by atoms with Crippen molar-refractivity contribution >= 4 is 15.6 Å². The van der Waals surface area contributed by atoms with E-state index < -0.39 is 8.03 Å². The number of allylic oxidation sites excluding steroid dienone is 3. The van der Waals surface area contributed by atoms with Crippen LogP contribution in [0.1, 0.15) is 27.7 Å². The number of aliphatic hydroxyl groups excluding tert-OH is 1. The standard InChI is InChI=1S/C15H28BO2P/c1-7-8-9-11(2)13(4)14(5)15(12(3)10-17)18-19(6)16/h7-9,11-15,17H,1,10H2,2-6H3/b9-8+. The summed E-state index contributed by atoms with van der Waals surface area (Å²) in [6.45, 7) is 14.3. The van der Waals surface area contributed by atoms with Crippen LogP contribution in [-0.2, 0) is 4.52 Å². The van der Waals surface area contributed by atoms with Gasteiger partial charge >= 0.3 is 0 Å². The fraction of sp³-hybridized carbons (Fsp3) is 0.733. The Bertz CT molecular complexity index is 281. The summed E-state index contributed by atoms with van der Waals surface area (Å²) >= 11 is 0. The molecular weight excluding hydrogens is 254 g/mol. The van der Waals surface area contributed by atoms with Crippen molar-refractivity contribution in [3.63, 3.8) is 0 Å². The predicted octanol–water partition coefficient (Wildman–Crippen LogP) is 3.76. The fourth-order valence-corrected chi connectivity index (χ4v) is 3.00. The molecule has 0 aromatic heterocycles. The van der Waals surface area contributed by atoms with Crippen molar-refractivity contribution < 1.29 is 9.63 Å². The Hall–Kier alpha value is -0.105. The monoisotopic (exact) mass is 282 g/mol. The van der Waals surface area contributed by atoms with Gasteiger partial charge in [-0.05, 0) is 32.4 Å². The Morgan fingerprint density at radius 1 is 1.26 bits per heavy atom. The smallest absolute Gasteiger partial charge is 0.148 e. The van der Waals surface area contributed by atoms with Gasteiger partial charge in [-0.1, -0.05) is 52.5 Å². The number of rotatable bonds is 9. The van der Waals surface area contributed by atoms with Crippen molar-refractivity contribution in [2.45, 2.75) is 33.8 Å². The Morgan fingerprint density at radius 3 is 2.26 bits per heavy atom. The molecule has 0 bridgehead atoms. The second kappa shape index (κ2) is 9.74. The van der Waals surface area contributed by atoms with Gasteiger partial charge in [0.15, 0.2) is 0 Å². The molecule has 0 spiro atoms. The van der Waals surface area contributed by atoms with E-state index in [-0.39, 0.29) is 18.6 Å². The molecule has 6 unspecified atom stereocenters. The van der Waals surface area contributed by atoms with Crippen LogP contribution in [0.15, 0.2) is 24.8 Å². The van der Waals surface area contributed by atoms with Gasteiger partial charge in [0, 0.05) is 12.5 Å². The molecule has 0 saturated heterocycles. The second-order valence-corrected chi connectivity index (χ2v) is 6.78. The van der Waals surface area contributed by atoms with Crippen LogP contribution in [0, 0.1) is 23.7 Å². The Balaban J connectivity index is 4.81. The van der Waals surface area contributed by atoms with Crippen molar-refractivity contribution in [1.29, 1.82) is 0 Å². The molecule has 6 atom stereocenters. The normalized spacial score (nSPS) is 21.6. The molecule has 0 rings (SSSR count). The molecule has 0 aromatic carbocycles.